The molecule has 0 saturated heterocycles. The maximum absolute atomic E-state index is 13.3. The fraction of sp³-hybridized carbons (Fsp3) is 0.167. The van der Waals surface area contributed by atoms with Crippen molar-refractivity contribution >= 4 is 36.2 Å². The first-order valence-electron chi connectivity index (χ1n) is 10.2. The lowest BCUT2D eigenvalue weighted by atomic mass is 10.2. The molecule has 10 heteroatoms. The average molecular weight is 501 g/mol. The van der Waals surface area contributed by atoms with E-state index < -0.39 is 36.3 Å². The maximum Gasteiger partial charge on any atom is 0.229 e. The number of hydrogen-bond acceptors (Lipinski definition) is 8. The highest BCUT2D eigenvalue weighted by molar-refractivity contribution is 8.08. The highest BCUT2D eigenvalue weighted by atomic mass is 32.2. The monoisotopic (exact) mass is 500 g/mol. The third kappa shape index (κ3) is 5.70. The van der Waals surface area contributed by atoms with E-state index in [1.807, 2.05) is 0 Å². The van der Waals surface area contributed by atoms with E-state index in [9.17, 15) is 21.6 Å². The van der Waals surface area contributed by atoms with Crippen LogP contribution in [-0.2, 0) is 24.5 Å². The van der Waals surface area contributed by atoms with Gasteiger partial charge in [0.2, 0.25) is 20.7 Å². The zero-order chi connectivity index (χ0) is 24.9. The molecule has 0 atom stereocenters. The normalized spacial score (nSPS) is 12.3. The van der Waals surface area contributed by atoms with Gasteiger partial charge in [-0.15, -0.1) is 0 Å². The number of hydrogen-bond donors (Lipinski definition) is 1. The van der Waals surface area contributed by atoms with E-state index in [2.05, 4.69) is 10.5 Å². The van der Waals surface area contributed by atoms with Gasteiger partial charge >= 0.3 is 0 Å². The zero-order valence-corrected chi connectivity index (χ0v) is 20.5. The number of anilines is 1. The number of aryl methyl sites for hydroxylation is 2. The largest absolute Gasteiger partial charge is 0.495 e. The summed E-state index contributed by atoms with van der Waals surface area (Å²) in [5.74, 6) is -1.87. The van der Waals surface area contributed by atoms with Crippen LogP contribution < -0.4 is 10.2 Å². The number of sulfone groups is 2. The van der Waals surface area contributed by atoms with Gasteiger partial charge in [0.1, 0.15) is 11.5 Å². The number of nitrogens with zero attached hydrogens (tertiary/aromatic N) is 1. The number of ketones is 1. The van der Waals surface area contributed by atoms with E-state index in [-0.39, 0.29) is 9.79 Å². The average Bonchev–Trinajstić information content (AvgIpc) is 2.79. The number of hydrazone groups is 1. The molecule has 0 radical (unpaired) electrons. The Hall–Kier alpha value is -3.50. The smallest absolute Gasteiger partial charge is 0.229 e. The van der Waals surface area contributed by atoms with Crippen molar-refractivity contribution in [2.75, 3.05) is 18.3 Å². The van der Waals surface area contributed by atoms with Gasteiger partial charge in [0.15, 0.2) is 9.84 Å². The van der Waals surface area contributed by atoms with Gasteiger partial charge in [-0.25, -0.2) is 16.8 Å². The molecule has 0 aliphatic carbocycles. The van der Waals surface area contributed by atoms with E-state index in [1.54, 1.807) is 62.4 Å². The molecule has 8 nitrogen and oxygen atoms in total. The van der Waals surface area contributed by atoms with Crippen LogP contribution in [0.15, 0.2) is 87.7 Å². The Morgan fingerprint density at radius 3 is 1.91 bits per heavy atom. The van der Waals surface area contributed by atoms with Gasteiger partial charge < -0.3 is 4.74 Å². The third-order valence-electron chi connectivity index (χ3n) is 4.91. The second-order valence-electron chi connectivity index (χ2n) is 7.54. The number of para-hydroxylation sites is 2. The van der Waals surface area contributed by atoms with E-state index in [4.69, 9.17) is 4.74 Å². The summed E-state index contributed by atoms with van der Waals surface area (Å²) < 4.78 is 57.5. The summed E-state index contributed by atoms with van der Waals surface area (Å²) in [6.07, 6.45) is 0. The van der Waals surface area contributed by atoms with Crippen molar-refractivity contribution in [1.29, 1.82) is 0 Å². The van der Waals surface area contributed by atoms with Crippen LogP contribution in [0.4, 0.5) is 5.69 Å². The molecule has 3 aromatic carbocycles. The predicted octanol–water partition coefficient (Wildman–Crippen LogP) is 3.55. The second kappa shape index (κ2) is 10.2. The summed E-state index contributed by atoms with van der Waals surface area (Å²) in [4.78, 5) is 12.8. The van der Waals surface area contributed by atoms with E-state index in [1.165, 1.54) is 31.4 Å². The van der Waals surface area contributed by atoms with Crippen LogP contribution in [0.2, 0.25) is 0 Å². The molecule has 0 aliphatic rings. The zero-order valence-electron chi connectivity index (χ0n) is 18.8. The number of carbonyl (C=O) groups is 1. The molecule has 0 spiro atoms. The van der Waals surface area contributed by atoms with Crippen molar-refractivity contribution in [1.82, 2.24) is 0 Å². The van der Waals surface area contributed by atoms with Crippen molar-refractivity contribution in [2.45, 2.75) is 23.6 Å². The van der Waals surface area contributed by atoms with E-state index in [0.717, 1.165) is 11.1 Å². The number of carbonyl (C=O) groups excluding carboxylic acids is 1. The molecule has 3 rings (SSSR count). The molecule has 34 heavy (non-hydrogen) atoms. The molecule has 0 amide bonds. The highest BCUT2D eigenvalue weighted by Crippen LogP contribution is 2.24. The Labute approximate surface area is 199 Å². The minimum absolute atomic E-state index is 0.0868. The maximum atomic E-state index is 13.3. The van der Waals surface area contributed by atoms with Crippen LogP contribution in [0.1, 0.15) is 11.1 Å². The molecule has 0 heterocycles. The quantitative estimate of drug-likeness (QED) is 0.285. The summed E-state index contributed by atoms with van der Waals surface area (Å²) in [6, 6.07) is 18.3. The minimum Gasteiger partial charge on any atom is -0.495 e. The van der Waals surface area contributed by atoms with Crippen molar-refractivity contribution < 1.29 is 26.4 Å². The lowest BCUT2D eigenvalue weighted by Gasteiger charge is -2.11. The van der Waals surface area contributed by atoms with Crippen LogP contribution >= 0.6 is 0 Å². The molecule has 0 aromatic heterocycles. The lowest BCUT2D eigenvalue weighted by molar-refractivity contribution is -0.110. The van der Waals surface area contributed by atoms with Gasteiger partial charge in [0, 0.05) is 0 Å². The third-order valence-corrected chi connectivity index (χ3v) is 8.26. The number of methoxy groups -OCH3 is 1. The first kappa shape index (κ1) is 25.1. The predicted molar refractivity (Wildman–Crippen MR) is 131 cm³/mol. The molecule has 1 N–H and O–H groups in total. The number of nitrogens with one attached hydrogen (secondary N) is 1. The van der Waals surface area contributed by atoms with Gasteiger partial charge in [-0.2, -0.15) is 5.10 Å². The SMILES string of the molecule is COc1ccccc1N/N=C(/C(=O)CS(=O)(=O)c1ccc(C)cc1)S(=O)(=O)c1ccc(C)cc1. The van der Waals surface area contributed by atoms with E-state index in [0.29, 0.717) is 11.4 Å². The molecular weight excluding hydrogens is 476 g/mol. The number of Topliss-reactive ketones (excluding diaryl/α,β-unsaturated/α-hetero) is 1. The number of benzene rings is 3. The molecular formula is C24H24N2O6S2. The lowest BCUT2D eigenvalue weighted by Crippen LogP contribution is -2.31. The number of ether oxygens (including phenoxy) is 1. The minimum atomic E-state index is -4.44. The van der Waals surface area contributed by atoms with Crippen LogP contribution in [0, 0.1) is 13.8 Å². The Bertz CT molecular complexity index is 1430. The van der Waals surface area contributed by atoms with Gasteiger partial charge in [0.25, 0.3) is 0 Å². The summed E-state index contributed by atoms with van der Waals surface area (Å²) in [5, 5.41) is 2.93. The Morgan fingerprint density at radius 1 is 0.824 bits per heavy atom. The molecule has 0 aliphatic heterocycles. The van der Waals surface area contributed by atoms with E-state index >= 15 is 0 Å². The molecule has 0 fully saturated rings. The summed E-state index contributed by atoms with van der Waals surface area (Å²) in [6.45, 7) is 3.58. The van der Waals surface area contributed by atoms with Crippen molar-refractivity contribution in [3.63, 3.8) is 0 Å². The summed E-state index contributed by atoms with van der Waals surface area (Å²) in [7, 11) is -7.12. The fourth-order valence-corrected chi connectivity index (χ4v) is 5.56. The second-order valence-corrected chi connectivity index (χ2v) is 11.4. The topological polar surface area (TPSA) is 119 Å². The number of rotatable bonds is 8. The van der Waals surface area contributed by atoms with Crippen molar-refractivity contribution in [3.8, 4) is 5.75 Å². The Kier molecular flexibility index (Phi) is 7.53. The molecule has 178 valence electrons. The van der Waals surface area contributed by atoms with Crippen LogP contribution in [-0.4, -0.2) is 40.5 Å². The summed E-state index contributed by atoms with van der Waals surface area (Å²) in [5.41, 5.74) is 4.50. The molecule has 0 saturated carbocycles. The Morgan fingerprint density at radius 2 is 1.35 bits per heavy atom. The standard InChI is InChI=1S/C24H24N2O6S2/c1-17-8-12-19(13-9-17)33(28,29)16-22(27)24(26-25-21-6-4-5-7-23(21)32-3)34(30,31)20-14-10-18(2)11-15-20/h4-15,25H,16H2,1-3H3/b26-24-. The van der Waals surface area contributed by atoms with Gasteiger partial charge in [-0.3, -0.25) is 10.2 Å². The summed E-state index contributed by atoms with van der Waals surface area (Å²) >= 11 is 0. The van der Waals surface area contributed by atoms with Crippen molar-refractivity contribution in [2.24, 2.45) is 5.10 Å². The molecule has 3 aromatic rings. The first-order valence-corrected chi connectivity index (χ1v) is 13.3. The van der Waals surface area contributed by atoms with Gasteiger partial charge in [0.05, 0.1) is 22.6 Å². The fourth-order valence-electron chi connectivity index (χ4n) is 3.01. The Balaban J connectivity index is 2.04. The van der Waals surface area contributed by atoms with Crippen molar-refractivity contribution in [3.05, 3.63) is 83.9 Å². The molecule has 0 bridgehead atoms. The molecule has 0 unspecified atom stereocenters. The van der Waals surface area contributed by atoms with Gasteiger partial charge in [-0.05, 0) is 50.2 Å². The van der Waals surface area contributed by atoms with Crippen LogP contribution in [0.5, 0.6) is 5.75 Å². The van der Waals surface area contributed by atoms with Gasteiger partial charge in [-0.1, -0.05) is 47.5 Å². The van der Waals surface area contributed by atoms with Crippen LogP contribution in [0.3, 0.4) is 0 Å². The highest BCUT2D eigenvalue weighted by Gasteiger charge is 2.33. The first-order chi connectivity index (χ1) is 16.0. The van der Waals surface area contributed by atoms with Crippen LogP contribution in [0.25, 0.3) is 0 Å².